The summed E-state index contributed by atoms with van der Waals surface area (Å²) in [6.07, 6.45) is 14.5. The topological polar surface area (TPSA) is 12.0 Å². The van der Waals surface area contributed by atoms with Crippen LogP contribution in [0, 0.1) is 0 Å². The molecule has 0 amide bonds. The minimum Gasteiger partial charge on any atom is -0.356 e. The number of hydrogen-bond acceptors (Lipinski definition) is 1. The Bertz CT molecular complexity index is 1450. The lowest BCUT2D eigenvalue weighted by molar-refractivity contribution is 1.29. The monoisotopic (exact) mass is 491 g/mol. The molecule has 0 fully saturated rings. The molecule has 4 aromatic rings. The fraction of sp³-hybridized carbons (Fsp3) is 0.0270. The lowest BCUT2D eigenvalue weighted by atomic mass is 10.0. The largest absolute Gasteiger partial charge is 0.356 e. The van der Waals surface area contributed by atoms with E-state index in [0.29, 0.717) is 0 Å². The minimum atomic E-state index is 0.802. The molecular weight excluding hydrogens is 458 g/mol. The summed E-state index contributed by atoms with van der Waals surface area (Å²) in [7, 11) is 0. The van der Waals surface area contributed by atoms with Gasteiger partial charge < -0.3 is 5.32 Å². The summed E-state index contributed by atoms with van der Waals surface area (Å²) in [5.41, 5.74) is 10.3. The van der Waals surface area contributed by atoms with Gasteiger partial charge in [-0.1, -0.05) is 141 Å². The van der Waals surface area contributed by atoms with Crippen LogP contribution < -0.4 is 5.32 Å². The highest BCUT2D eigenvalue weighted by Gasteiger charge is 2.03. The molecule has 0 unspecified atom stereocenters. The van der Waals surface area contributed by atoms with Crippen molar-refractivity contribution in [1.29, 1.82) is 0 Å². The van der Waals surface area contributed by atoms with Crippen molar-refractivity contribution in [3.63, 3.8) is 0 Å². The maximum absolute atomic E-state index is 3.87. The molecule has 0 aliphatic heterocycles. The Morgan fingerprint density at radius 3 is 1.61 bits per heavy atom. The van der Waals surface area contributed by atoms with E-state index in [2.05, 4.69) is 134 Å². The highest BCUT2D eigenvalue weighted by atomic mass is 14.9. The van der Waals surface area contributed by atoms with Gasteiger partial charge in [0.2, 0.25) is 0 Å². The smallest absolute Gasteiger partial charge is 0.0384 e. The van der Waals surface area contributed by atoms with Gasteiger partial charge in [-0.15, -0.1) is 0 Å². The molecule has 4 aromatic carbocycles. The number of benzene rings is 4. The van der Waals surface area contributed by atoms with Crippen molar-refractivity contribution in [2.45, 2.75) is 6.42 Å². The molecule has 1 N–H and O–H groups in total. The van der Waals surface area contributed by atoms with Gasteiger partial charge in [-0.25, -0.2) is 0 Å². The molecule has 0 saturated heterocycles. The molecule has 186 valence electrons. The molecule has 38 heavy (non-hydrogen) atoms. The van der Waals surface area contributed by atoms with Gasteiger partial charge in [0.1, 0.15) is 0 Å². The number of hydrogen-bond donors (Lipinski definition) is 1. The van der Waals surface area contributed by atoms with Crippen LogP contribution in [0.25, 0.3) is 27.8 Å². The van der Waals surface area contributed by atoms with E-state index in [-0.39, 0.29) is 0 Å². The molecule has 0 aliphatic rings. The predicted octanol–water partition coefficient (Wildman–Crippen LogP) is 10.6. The normalized spacial score (nSPS) is 11.8. The first-order valence-electron chi connectivity index (χ1n) is 12.8. The molecule has 1 heteroatoms. The molecule has 0 spiro atoms. The molecule has 1 nitrogen and oxygen atoms in total. The fourth-order valence-corrected chi connectivity index (χ4v) is 4.21. The second-order valence-electron chi connectivity index (χ2n) is 8.87. The Morgan fingerprint density at radius 2 is 1.08 bits per heavy atom. The number of allylic oxidation sites excluding steroid dienone is 9. The van der Waals surface area contributed by atoms with Crippen molar-refractivity contribution in [2.75, 3.05) is 5.32 Å². The lowest BCUT2D eigenvalue weighted by Gasteiger charge is -2.10. The van der Waals surface area contributed by atoms with Crippen LogP contribution in [0.15, 0.2) is 171 Å². The van der Waals surface area contributed by atoms with E-state index in [1.165, 1.54) is 22.3 Å². The van der Waals surface area contributed by atoms with Gasteiger partial charge in [0, 0.05) is 11.4 Å². The van der Waals surface area contributed by atoms with Crippen LogP contribution in [0.3, 0.4) is 0 Å². The third kappa shape index (κ3) is 7.09. The first-order chi connectivity index (χ1) is 18.7. The SMILES string of the molecule is C=C/C=C(\C=C)C/C=C\C(=C/C=C)c1ccc(Nc2ccc(-c3ccc(-c4ccccc4)cc3)cc2)cc1. The Labute approximate surface area is 227 Å². The van der Waals surface area contributed by atoms with Gasteiger partial charge in [-0.05, 0) is 69.6 Å². The average Bonchev–Trinajstić information content (AvgIpc) is 2.97. The number of nitrogens with one attached hydrogen (secondary N) is 1. The van der Waals surface area contributed by atoms with Crippen LogP contribution in [-0.4, -0.2) is 0 Å². The zero-order valence-electron chi connectivity index (χ0n) is 21.7. The first kappa shape index (κ1) is 26.2. The average molecular weight is 492 g/mol. The van der Waals surface area contributed by atoms with Crippen LogP contribution in [0.2, 0.25) is 0 Å². The second-order valence-corrected chi connectivity index (χ2v) is 8.87. The maximum atomic E-state index is 3.87. The molecule has 0 aromatic heterocycles. The highest BCUT2D eigenvalue weighted by Crippen LogP contribution is 2.27. The van der Waals surface area contributed by atoms with Gasteiger partial charge in [0.25, 0.3) is 0 Å². The van der Waals surface area contributed by atoms with Gasteiger partial charge in [-0.3, -0.25) is 0 Å². The third-order valence-electron chi connectivity index (χ3n) is 6.26. The van der Waals surface area contributed by atoms with Crippen LogP contribution >= 0.6 is 0 Å². The summed E-state index contributed by atoms with van der Waals surface area (Å²) in [4.78, 5) is 0. The van der Waals surface area contributed by atoms with Crippen molar-refractivity contribution in [1.82, 2.24) is 0 Å². The summed E-state index contributed by atoms with van der Waals surface area (Å²) in [6, 6.07) is 36.2. The van der Waals surface area contributed by atoms with Crippen molar-refractivity contribution in [2.24, 2.45) is 0 Å². The lowest BCUT2D eigenvalue weighted by Crippen LogP contribution is -1.91. The molecule has 0 aliphatic carbocycles. The maximum Gasteiger partial charge on any atom is 0.0384 e. The summed E-state index contributed by atoms with van der Waals surface area (Å²) in [6.45, 7) is 11.5. The zero-order valence-corrected chi connectivity index (χ0v) is 21.7. The summed E-state index contributed by atoms with van der Waals surface area (Å²) < 4.78 is 0. The molecule has 0 atom stereocenters. The van der Waals surface area contributed by atoms with Crippen LogP contribution in [0.5, 0.6) is 0 Å². The zero-order chi connectivity index (χ0) is 26.6. The Morgan fingerprint density at radius 1 is 0.579 bits per heavy atom. The Balaban J connectivity index is 1.40. The summed E-state index contributed by atoms with van der Waals surface area (Å²) >= 11 is 0. The molecule has 0 saturated carbocycles. The summed E-state index contributed by atoms with van der Waals surface area (Å²) in [5.74, 6) is 0. The fourth-order valence-electron chi connectivity index (χ4n) is 4.21. The second kappa shape index (κ2) is 13.4. The quantitative estimate of drug-likeness (QED) is 0.206. The van der Waals surface area contributed by atoms with E-state index in [1.807, 2.05) is 30.4 Å². The Hall–Kier alpha value is -4.88. The van der Waals surface area contributed by atoms with E-state index in [1.54, 1.807) is 6.08 Å². The van der Waals surface area contributed by atoms with E-state index in [0.717, 1.165) is 34.5 Å². The molecule has 0 heterocycles. The van der Waals surface area contributed by atoms with E-state index in [9.17, 15) is 0 Å². The third-order valence-corrected chi connectivity index (χ3v) is 6.26. The first-order valence-corrected chi connectivity index (χ1v) is 12.8. The molecule has 0 bridgehead atoms. The molecular formula is C37H33N. The predicted molar refractivity (Wildman–Crippen MR) is 167 cm³/mol. The minimum absolute atomic E-state index is 0.802. The Kier molecular flexibility index (Phi) is 9.26. The van der Waals surface area contributed by atoms with Crippen LogP contribution in [0.4, 0.5) is 11.4 Å². The van der Waals surface area contributed by atoms with Gasteiger partial charge >= 0.3 is 0 Å². The van der Waals surface area contributed by atoms with E-state index >= 15 is 0 Å². The van der Waals surface area contributed by atoms with Gasteiger partial charge in [0.15, 0.2) is 0 Å². The summed E-state index contributed by atoms with van der Waals surface area (Å²) in [5, 5.41) is 3.51. The van der Waals surface area contributed by atoms with E-state index < -0.39 is 0 Å². The standard InChI is InChI=1S/C37H33N/c1-4-11-29(6-3)13-10-16-30(12-5-2)34-21-25-36(26-22-34)38-37-27-23-35(24-28-37)33-19-17-32(18-20-33)31-14-8-7-9-15-31/h4-12,14-28,38H,1-3,13H2/b16-10-,29-11+,30-12+. The van der Waals surface area contributed by atoms with Crippen LogP contribution in [0.1, 0.15) is 12.0 Å². The highest BCUT2D eigenvalue weighted by molar-refractivity contribution is 5.77. The van der Waals surface area contributed by atoms with Crippen molar-refractivity contribution < 1.29 is 0 Å². The van der Waals surface area contributed by atoms with Crippen LogP contribution in [-0.2, 0) is 0 Å². The molecule has 4 rings (SSSR count). The van der Waals surface area contributed by atoms with Crippen molar-refractivity contribution in [3.8, 4) is 22.3 Å². The number of rotatable bonds is 11. The number of anilines is 2. The molecule has 0 radical (unpaired) electrons. The van der Waals surface area contributed by atoms with Gasteiger partial charge in [-0.2, -0.15) is 0 Å². The van der Waals surface area contributed by atoms with E-state index in [4.69, 9.17) is 0 Å². The van der Waals surface area contributed by atoms with Crippen molar-refractivity contribution >= 4 is 16.9 Å². The van der Waals surface area contributed by atoms with Crippen molar-refractivity contribution in [3.05, 3.63) is 177 Å². The van der Waals surface area contributed by atoms with Gasteiger partial charge in [0.05, 0.1) is 0 Å².